The summed E-state index contributed by atoms with van der Waals surface area (Å²) in [5.74, 6) is -0.129. The van der Waals surface area contributed by atoms with Crippen molar-refractivity contribution in [2.24, 2.45) is 0 Å². The summed E-state index contributed by atoms with van der Waals surface area (Å²) in [4.78, 5) is 15.5. The molecule has 3 nitrogen and oxygen atoms in total. The van der Waals surface area contributed by atoms with E-state index < -0.39 is 0 Å². The third-order valence-corrected chi connectivity index (χ3v) is 1.67. The molecule has 1 heterocycles. The Hall–Kier alpha value is -1.90. The lowest BCUT2D eigenvalue weighted by molar-refractivity contribution is 0.0959. The van der Waals surface area contributed by atoms with Crippen molar-refractivity contribution in [2.75, 3.05) is 0 Å². The van der Waals surface area contributed by atoms with E-state index in [1.807, 2.05) is 13.0 Å². The molecule has 0 aliphatic heterocycles. The normalized spacial score (nSPS) is 11.9. The Morgan fingerprint density at radius 2 is 2.36 bits per heavy atom. The Labute approximate surface area is 83.1 Å². The SMILES string of the molecule is C=C/C(=C\C=C/C)C(=O)n1ccnc1. The van der Waals surface area contributed by atoms with Gasteiger partial charge in [-0.3, -0.25) is 9.36 Å². The fourth-order valence-corrected chi connectivity index (χ4v) is 0.955. The van der Waals surface area contributed by atoms with Gasteiger partial charge >= 0.3 is 0 Å². The van der Waals surface area contributed by atoms with E-state index in [-0.39, 0.29) is 5.91 Å². The molecule has 1 aromatic rings. The van der Waals surface area contributed by atoms with Crippen molar-refractivity contribution in [1.29, 1.82) is 0 Å². The molecule has 0 unspecified atom stereocenters. The first-order chi connectivity index (χ1) is 6.79. The van der Waals surface area contributed by atoms with Gasteiger partial charge < -0.3 is 0 Å². The van der Waals surface area contributed by atoms with E-state index in [1.165, 1.54) is 17.0 Å². The monoisotopic (exact) mass is 188 g/mol. The minimum absolute atomic E-state index is 0.129. The highest BCUT2D eigenvalue weighted by atomic mass is 16.2. The van der Waals surface area contributed by atoms with Crippen LogP contribution in [0.1, 0.15) is 11.7 Å². The molecule has 0 aromatic carbocycles. The molecule has 0 aliphatic rings. The largest absolute Gasteiger partial charge is 0.272 e. The van der Waals surface area contributed by atoms with Gasteiger partial charge in [0, 0.05) is 18.0 Å². The Morgan fingerprint density at radius 3 is 2.86 bits per heavy atom. The van der Waals surface area contributed by atoms with E-state index in [0.717, 1.165) is 0 Å². The van der Waals surface area contributed by atoms with Crippen LogP contribution in [0.5, 0.6) is 0 Å². The predicted octanol–water partition coefficient (Wildman–Crippen LogP) is 2.21. The fourth-order valence-electron chi connectivity index (χ4n) is 0.955. The first-order valence-electron chi connectivity index (χ1n) is 4.27. The van der Waals surface area contributed by atoms with Crippen LogP contribution in [0, 0.1) is 0 Å². The van der Waals surface area contributed by atoms with Gasteiger partial charge in [-0.15, -0.1) is 0 Å². The first-order valence-corrected chi connectivity index (χ1v) is 4.27. The van der Waals surface area contributed by atoms with E-state index in [4.69, 9.17) is 0 Å². The third-order valence-electron chi connectivity index (χ3n) is 1.67. The number of carbonyl (C=O) groups is 1. The Morgan fingerprint density at radius 1 is 1.57 bits per heavy atom. The van der Waals surface area contributed by atoms with Crippen LogP contribution in [-0.2, 0) is 0 Å². The van der Waals surface area contributed by atoms with Crippen molar-refractivity contribution in [3.05, 3.63) is 55.2 Å². The van der Waals surface area contributed by atoms with Crippen LogP contribution in [0.4, 0.5) is 0 Å². The van der Waals surface area contributed by atoms with Crippen molar-refractivity contribution in [3.63, 3.8) is 0 Å². The summed E-state index contributed by atoms with van der Waals surface area (Å²) >= 11 is 0. The number of aromatic nitrogens is 2. The van der Waals surface area contributed by atoms with Crippen molar-refractivity contribution >= 4 is 5.91 Å². The Bertz CT molecular complexity index is 372. The number of hydrogen-bond acceptors (Lipinski definition) is 2. The van der Waals surface area contributed by atoms with E-state index in [0.29, 0.717) is 5.57 Å². The fraction of sp³-hybridized carbons (Fsp3) is 0.0909. The maximum absolute atomic E-state index is 11.7. The lowest BCUT2D eigenvalue weighted by Gasteiger charge is -1.99. The Kier molecular flexibility index (Phi) is 3.61. The molecular weight excluding hydrogens is 176 g/mol. The molecule has 0 amide bonds. The van der Waals surface area contributed by atoms with Crippen LogP contribution in [0.3, 0.4) is 0 Å². The average Bonchev–Trinajstić information content (AvgIpc) is 2.71. The van der Waals surface area contributed by atoms with Crippen LogP contribution in [-0.4, -0.2) is 15.5 Å². The van der Waals surface area contributed by atoms with Crippen LogP contribution >= 0.6 is 0 Å². The smallest absolute Gasteiger partial charge is 0.263 e. The molecule has 0 saturated heterocycles. The molecule has 0 bridgehead atoms. The number of nitrogens with zero attached hydrogens (tertiary/aromatic N) is 2. The van der Waals surface area contributed by atoms with Crippen LogP contribution in [0.2, 0.25) is 0 Å². The zero-order valence-electron chi connectivity index (χ0n) is 8.05. The minimum Gasteiger partial charge on any atom is -0.272 e. The predicted molar refractivity (Wildman–Crippen MR) is 55.9 cm³/mol. The van der Waals surface area contributed by atoms with Gasteiger partial charge in [-0.1, -0.05) is 24.8 Å². The van der Waals surface area contributed by atoms with E-state index in [1.54, 1.807) is 24.5 Å². The second kappa shape index (κ2) is 4.97. The molecule has 0 radical (unpaired) electrons. The number of hydrogen-bond donors (Lipinski definition) is 0. The Balaban J connectivity index is 2.92. The van der Waals surface area contributed by atoms with Gasteiger partial charge in [0.25, 0.3) is 5.91 Å². The van der Waals surface area contributed by atoms with E-state index in [9.17, 15) is 4.79 Å². The topological polar surface area (TPSA) is 34.9 Å². The quantitative estimate of drug-likeness (QED) is 0.538. The molecule has 1 rings (SSSR count). The molecule has 14 heavy (non-hydrogen) atoms. The highest BCUT2D eigenvalue weighted by Crippen LogP contribution is 2.01. The van der Waals surface area contributed by atoms with Crippen molar-refractivity contribution < 1.29 is 4.79 Å². The third kappa shape index (κ3) is 2.29. The van der Waals surface area contributed by atoms with Gasteiger partial charge in [-0.25, -0.2) is 4.98 Å². The van der Waals surface area contributed by atoms with Crippen molar-refractivity contribution in [1.82, 2.24) is 9.55 Å². The molecule has 0 fully saturated rings. The summed E-state index contributed by atoms with van der Waals surface area (Å²) in [6.45, 7) is 5.48. The highest BCUT2D eigenvalue weighted by molar-refractivity contribution is 5.98. The number of allylic oxidation sites excluding steroid dienone is 5. The van der Waals surface area contributed by atoms with Gasteiger partial charge in [-0.05, 0) is 13.0 Å². The molecule has 72 valence electrons. The van der Waals surface area contributed by atoms with Gasteiger partial charge in [0.1, 0.15) is 6.33 Å². The van der Waals surface area contributed by atoms with Crippen molar-refractivity contribution in [3.8, 4) is 0 Å². The maximum Gasteiger partial charge on any atom is 0.263 e. The summed E-state index contributed by atoms with van der Waals surface area (Å²) in [6, 6.07) is 0. The molecule has 0 saturated carbocycles. The zero-order valence-corrected chi connectivity index (χ0v) is 8.05. The summed E-state index contributed by atoms with van der Waals surface area (Å²) in [7, 11) is 0. The number of carbonyl (C=O) groups excluding carboxylic acids is 1. The standard InChI is InChI=1S/C11H12N2O/c1-3-5-6-10(4-2)11(14)13-8-7-12-9-13/h3-9H,2H2,1H3/b5-3-,10-6+. The summed E-state index contributed by atoms with van der Waals surface area (Å²) in [5.41, 5.74) is 0.543. The maximum atomic E-state index is 11.7. The molecular formula is C11H12N2O. The zero-order chi connectivity index (χ0) is 10.4. The average molecular weight is 188 g/mol. The minimum atomic E-state index is -0.129. The lowest BCUT2D eigenvalue weighted by Crippen LogP contribution is -2.09. The summed E-state index contributed by atoms with van der Waals surface area (Å²) in [5, 5.41) is 0. The van der Waals surface area contributed by atoms with Gasteiger partial charge in [0.05, 0.1) is 0 Å². The molecule has 0 aliphatic carbocycles. The summed E-state index contributed by atoms with van der Waals surface area (Å²) in [6.07, 6.45) is 11.5. The number of rotatable bonds is 3. The molecule has 0 atom stereocenters. The highest BCUT2D eigenvalue weighted by Gasteiger charge is 2.06. The molecule has 0 spiro atoms. The first kappa shape index (κ1) is 10.2. The number of imidazole rings is 1. The molecule has 3 heteroatoms. The van der Waals surface area contributed by atoms with Crippen molar-refractivity contribution in [2.45, 2.75) is 6.92 Å². The van der Waals surface area contributed by atoms with Gasteiger partial charge in [0.15, 0.2) is 0 Å². The molecule has 1 aromatic heterocycles. The van der Waals surface area contributed by atoms with E-state index in [2.05, 4.69) is 11.6 Å². The lowest BCUT2D eigenvalue weighted by atomic mass is 10.2. The van der Waals surface area contributed by atoms with Gasteiger partial charge in [0.2, 0.25) is 0 Å². The van der Waals surface area contributed by atoms with Gasteiger partial charge in [-0.2, -0.15) is 0 Å². The van der Waals surface area contributed by atoms with Crippen LogP contribution in [0.25, 0.3) is 0 Å². The second-order valence-electron chi connectivity index (χ2n) is 2.63. The summed E-state index contributed by atoms with van der Waals surface area (Å²) < 4.78 is 1.41. The second-order valence-corrected chi connectivity index (χ2v) is 2.63. The molecule has 0 N–H and O–H groups in total. The van der Waals surface area contributed by atoms with Crippen LogP contribution < -0.4 is 0 Å². The van der Waals surface area contributed by atoms with E-state index >= 15 is 0 Å². The van der Waals surface area contributed by atoms with Crippen LogP contribution in [0.15, 0.2) is 55.2 Å².